The third-order valence-corrected chi connectivity index (χ3v) is 4.48. The van der Waals surface area contributed by atoms with Crippen LogP contribution in [0.5, 0.6) is 0 Å². The van der Waals surface area contributed by atoms with Crippen LogP contribution in [0, 0.1) is 5.82 Å². The minimum absolute atomic E-state index is 0.0356. The molecule has 4 nitrogen and oxygen atoms in total. The number of nitrogens with zero attached hydrogens (tertiary/aromatic N) is 1. The van der Waals surface area contributed by atoms with Gasteiger partial charge in [0.1, 0.15) is 5.82 Å². The number of halogens is 1. The molecule has 17 heavy (non-hydrogen) atoms. The van der Waals surface area contributed by atoms with E-state index in [1.54, 1.807) is 6.07 Å². The van der Waals surface area contributed by atoms with Crippen LogP contribution in [0.25, 0.3) is 0 Å². The van der Waals surface area contributed by atoms with Gasteiger partial charge in [-0.15, -0.1) is 0 Å². The van der Waals surface area contributed by atoms with Crippen LogP contribution in [-0.4, -0.2) is 33.3 Å². The van der Waals surface area contributed by atoms with Crippen LogP contribution in [0.2, 0.25) is 0 Å². The Labute approximate surface area is 100 Å². The standard InChI is InChI=1S/C11H15FN2O2S/c1-9-8-14(17(15,16)6-5-13-9)11-4-2-3-10(12)7-11/h2-4,7,9,13H,5-6,8H2,1H3. The SMILES string of the molecule is CC1CN(c2cccc(F)c2)S(=O)(=O)CCN1. The van der Waals surface area contributed by atoms with E-state index in [4.69, 9.17) is 0 Å². The summed E-state index contributed by atoms with van der Waals surface area (Å²) in [6, 6.07) is 5.73. The average molecular weight is 258 g/mol. The summed E-state index contributed by atoms with van der Waals surface area (Å²) in [4.78, 5) is 0. The molecule has 0 spiro atoms. The van der Waals surface area contributed by atoms with E-state index in [0.29, 0.717) is 18.8 Å². The zero-order valence-electron chi connectivity index (χ0n) is 9.56. The number of nitrogens with one attached hydrogen (secondary N) is 1. The van der Waals surface area contributed by atoms with Gasteiger partial charge in [-0.05, 0) is 25.1 Å². The van der Waals surface area contributed by atoms with Crippen molar-refractivity contribution in [3.05, 3.63) is 30.1 Å². The molecule has 1 aliphatic rings. The predicted molar refractivity (Wildman–Crippen MR) is 65.0 cm³/mol. The van der Waals surface area contributed by atoms with E-state index in [1.807, 2.05) is 6.92 Å². The normalized spacial score (nSPS) is 24.4. The number of hydrogen-bond acceptors (Lipinski definition) is 3. The lowest BCUT2D eigenvalue weighted by molar-refractivity contribution is 0.585. The summed E-state index contributed by atoms with van der Waals surface area (Å²) in [5.74, 6) is -0.393. The highest BCUT2D eigenvalue weighted by molar-refractivity contribution is 7.92. The minimum atomic E-state index is -3.36. The van der Waals surface area contributed by atoms with Gasteiger partial charge in [0, 0.05) is 19.1 Å². The molecule has 1 atom stereocenters. The van der Waals surface area contributed by atoms with Crippen molar-refractivity contribution in [3.63, 3.8) is 0 Å². The lowest BCUT2D eigenvalue weighted by atomic mass is 10.3. The fourth-order valence-electron chi connectivity index (χ4n) is 1.87. The van der Waals surface area contributed by atoms with Gasteiger partial charge in [0.2, 0.25) is 10.0 Å². The van der Waals surface area contributed by atoms with Crippen molar-refractivity contribution < 1.29 is 12.8 Å². The van der Waals surface area contributed by atoms with Gasteiger partial charge in [0.05, 0.1) is 11.4 Å². The molecule has 1 aliphatic heterocycles. The fourth-order valence-corrected chi connectivity index (χ4v) is 3.35. The van der Waals surface area contributed by atoms with E-state index in [1.165, 1.54) is 22.5 Å². The molecule has 6 heteroatoms. The Morgan fingerprint density at radius 1 is 1.47 bits per heavy atom. The van der Waals surface area contributed by atoms with Gasteiger partial charge in [-0.1, -0.05) is 6.07 Å². The molecule has 1 fully saturated rings. The van der Waals surface area contributed by atoms with Crippen LogP contribution in [0.4, 0.5) is 10.1 Å². The third-order valence-electron chi connectivity index (χ3n) is 2.72. The molecule has 1 aromatic rings. The molecule has 2 rings (SSSR count). The third kappa shape index (κ3) is 2.76. The Hall–Kier alpha value is -1.14. The molecule has 1 N–H and O–H groups in total. The summed E-state index contributed by atoms with van der Waals surface area (Å²) in [5, 5.41) is 3.10. The van der Waals surface area contributed by atoms with Crippen LogP contribution in [-0.2, 0) is 10.0 Å². The second kappa shape index (κ2) is 4.62. The van der Waals surface area contributed by atoms with Crippen molar-refractivity contribution in [2.75, 3.05) is 23.1 Å². The van der Waals surface area contributed by atoms with Crippen molar-refractivity contribution in [2.24, 2.45) is 0 Å². The number of hydrogen-bond donors (Lipinski definition) is 1. The number of sulfonamides is 1. The van der Waals surface area contributed by atoms with E-state index in [9.17, 15) is 12.8 Å². The summed E-state index contributed by atoms with van der Waals surface area (Å²) in [5.41, 5.74) is 0.389. The maximum absolute atomic E-state index is 13.1. The molecular formula is C11H15FN2O2S. The second-order valence-corrected chi connectivity index (χ2v) is 6.20. The summed E-state index contributed by atoms with van der Waals surface area (Å²) >= 11 is 0. The zero-order valence-corrected chi connectivity index (χ0v) is 10.4. The molecule has 0 radical (unpaired) electrons. The molecular weight excluding hydrogens is 243 g/mol. The maximum atomic E-state index is 13.1. The fraction of sp³-hybridized carbons (Fsp3) is 0.455. The van der Waals surface area contributed by atoms with Gasteiger partial charge < -0.3 is 5.32 Å². The first-order valence-corrected chi connectivity index (χ1v) is 7.09. The maximum Gasteiger partial charge on any atom is 0.236 e. The molecule has 0 saturated carbocycles. The van der Waals surface area contributed by atoms with Crippen LogP contribution >= 0.6 is 0 Å². The largest absolute Gasteiger partial charge is 0.311 e. The smallest absolute Gasteiger partial charge is 0.236 e. The lowest BCUT2D eigenvalue weighted by Crippen LogP contribution is -2.37. The number of benzene rings is 1. The van der Waals surface area contributed by atoms with Gasteiger partial charge in [-0.3, -0.25) is 4.31 Å². The Kier molecular flexibility index (Phi) is 3.35. The van der Waals surface area contributed by atoms with Crippen molar-refractivity contribution in [2.45, 2.75) is 13.0 Å². The van der Waals surface area contributed by atoms with Crippen LogP contribution in [0.15, 0.2) is 24.3 Å². The van der Waals surface area contributed by atoms with Gasteiger partial charge in [-0.2, -0.15) is 0 Å². The molecule has 94 valence electrons. The monoisotopic (exact) mass is 258 g/mol. The first kappa shape index (κ1) is 12.3. The van der Waals surface area contributed by atoms with Gasteiger partial charge in [0.25, 0.3) is 0 Å². The summed E-state index contributed by atoms with van der Waals surface area (Å²) < 4.78 is 38.5. The Morgan fingerprint density at radius 2 is 2.24 bits per heavy atom. The molecule has 0 bridgehead atoms. The van der Waals surface area contributed by atoms with Crippen molar-refractivity contribution in [1.82, 2.24) is 5.32 Å². The molecule has 0 aliphatic carbocycles. The van der Waals surface area contributed by atoms with E-state index >= 15 is 0 Å². The highest BCUT2D eigenvalue weighted by Gasteiger charge is 2.27. The predicted octanol–water partition coefficient (Wildman–Crippen LogP) is 0.954. The summed E-state index contributed by atoms with van der Waals surface area (Å²) in [7, 11) is -3.36. The van der Waals surface area contributed by atoms with E-state index in [2.05, 4.69) is 5.32 Å². The van der Waals surface area contributed by atoms with Gasteiger partial charge in [-0.25, -0.2) is 12.8 Å². The molecule has 1 saturated heterocycles. The molecule has 0 amide bonds. The van der Waals surface area contributed by atoms with Crippen LogP contribution in [0.3, 0.4) is 0 Å². The van der Waals surface area contributed by atoms with E-state index < -0.39 is 15.8 Å². The Bertz CT molecular complexity index is 504. The van der Waals surface area contributed by atoms with Crippen LogP contribution < -0.4 is 9.62 Å². The van der Waals surface area contributed by atoms with Crippen molar-refractivity contribution >= 4 is 15.7 Å². The van der Waals surface area contributed by atoms with Gasteiger partial charge >= 0.3 is 0 Å². The summed E-state index contributed by atoms with van der Waals surface area (Å²) in [6.07, 6.45) is 0. The average Bonchev–Trinajstić information content (AvgIpc) is 2.37. The van der Waals surface area contributed by atoms with Gasteiger partial charge in [0.15, 0.2) is 0 Å². The lowest BCUT2D eigenvalue weighted by Gasteiger charge is -2.23. The van der Waals surface area contributed by atoms with E-state index in [0.717, 1.165) is 0 Å². The highest BCUT2D eigenvalue weighted by Crippen LogP contribution is 2.20. The first-order chi connectivity index (χ1) is 7.99. The molecule has 0 aromatic heterocycles. The first-order valence-electron chi connectivity index (χ1n) is 5.48. The van der Waals surface area contributed by atoms with Crippen LogP contribution in [0.1, 0.15) is 6.92 Å². The zero-order chi connectivity index (χ0) is 12.5. The minimum Gasteiger partial charge on any atom is -0.311 e. The molecule has 1 aromatic carbocycles. The number of anilines is 1. The topological polar surface area (TPSA) is 49.4 Å². The molecule has 1 unspecified atom stereocenters. The molecule has 1 heterocycles. The second-order valence-electron chi connectivity index (χ2n) is 4.18. The van der Waals surface area contributed by atoms with Crippen molar-refractivity contribution in [3.8, 4) is 0 Å². The number of rotatable bonds is 1. The highest BCUT2D eigenvalue weighted by atomic mass is 32.2. The van der Waals surface area contributed by atoms with Crippen molar-refractivity contribution in [1.29, 1.82) is 0 Å². The Morgan fingerprint density at radius 3 is 2.94 bits per heavy atom. The Balaban J connectivity index is 2.39. The van der Waals surface area contributed by atoms with E-state index in [-0.39, 0.29) is 11.8 Å². The quantitative estimate of drug-likeness (QED) is 0.816. The summed E-state index contributed by atoms with van der Waals surface area (Å²) in [6.45, 7) is 2.66.